The second kappa shape index (κ2) is 45.7. The Morgan fingerprint density at radius 2 is 0.975 bits per heavy atom. The molecule has 5 N–H and O–H groups in total. The number of benzene rings is 9. The number of anilines is 3. The number of nitrogens with zero attached hydrogens (tertiary/aromatic N) is 11. The predicted octanol–water partition coefficient (Wildman–Crippen LogP) is 22.3. The monoisotopic (exact) mass is 1650 g/mol. The lowest BCUT2D eigenvalue weighted by molar-refractivity contribution is 0.403. The average molecular weight is 1650 g/mol. The third-order valence-corrected chi connectivity index (χ3v) is 22.7. The molecule has 0 unspecified atom stereocenters. The van der Waals surface area contributed by atoms with Gasteiger partial charge in [-0.1, -0.05) is 109 Å². The zero-order valence-corrected chi connectivity index (χ0v) is 75.4. The molecular weight excluding hydrogens is 1530 g/mol. The standard InChI is InChI=1S/C17H16N2S.C16H16N2S.C13H19N3.C12H16N2O.C12H16N2.2C11H14N2.C7H11NS/c1-19(2)14-10-7-13(8-11-14)9-12-17-18-15-5-3-4-6-16(15)20-17;1-11-4-9-14-15(10-11)19-16(17-14)12-5-7-13(8-6-12)18(2)3;1-4-15(5-2)13-14-11-9-7-8-10-12(11)16(13)6-3;1-14(2)8-9-7-13-12-5-4-10(15-3)6-11(9)12;1-14(2)8-7-10-9-13-12-6-4-3-5-11(10)12;1-13(2)8-9-7-12-11-6-4-3-5-10(9)11;1-12-7-6-9-8-13-11-5-3-2-4-10(9)11;1-8(2)6-7-4-3-5-9-7/h3-12H,1-2H3;4-10H,1-3H3;7-10H,4-6H2,1-3H3;4-7,13H,8H2,1-3H3;3-6,9,13H,7-8H2,1-2H3;3-7,12H,8H2,1-2H3;2-5,8,12-13H,6-7H2,1H3;3-5H,6H2,1-2H3. The van der Waals surface area contributed by atoms with Gasteiger partial charge in [-0.05, 0) is 271 Å². The Kier molecular flexibility index (Phi) is 34.6. The van der Waals surface area contributed by atoms with Crippen LogP contribution >= 0.6 is 34.0 Å². The van der Waals surface area contributed by atoms with Gasteiger partial charge in [0, 0.05) is 164 Å². The maximum atomic E-state index is 5.22. The molecule has 0 saturated heterocycles. The fourth-order valence-corrected chi connectivity index (χ4v) is 16.3. The van der Waals surface area contributed by atoms with Crippen LogP contribution in [-0.2, 0) is 39.0 Å². The number of hydrogen-bond acceptors (Lipinski definition) is 15. The largest absolute Gasteiger partial charge is 0.497 e. The van der Waals surface area contributed by atoms with Crippen LogP contribution in [0, 0.1) is 6.92 Å². The molecule has 9 aromatic carbocycles. The summed E-state index contributed by atoms with van der Waals surface area (Å²) in [7, 11) is 28.6. The summed E-state index contributed by atoms with van der Waals surface area (Å²) >= 11 is 5.28. The molecule has 119 heavy (non-hydrogen) atoms. The molecule has 0 radical (unpaired) electrons. The molecule has 0 aliphatic carbocycles. The molecule has 622 valence electrons. The lowest BCUT2D eigenvalue weighted by Gasteiger charge is -2.20. The second-order valence-electron chi connectivity index (χ2n) is 30.6. The number of likely N-dealkylation sites (N-methyl/N-ethyl adjacent to an activating group) is 2. The molecule has 0 aliphatic rings. The van der Waals surface area contributed by atoms with Crippen LogP contribution in [0.3, 0.4) is 0 Å². The van der Waals surface area contributed by atoms with Crippen molar-refractivity contribution in [2.24, 2.45) is 0 Å². The van der Waals surface area contributed by atoms with Gasteiger partial charge in [0.15, 0.2) is 0 Å². The molecule has 0 bridgehead atoms. The first-order chi connectivity index (χ1) is 57.6. The van der Waals surface area contributed by atoms with Crippen LogP contribution in [0.25, 0.3) is 97.8 Å². The first-order valence-corrected chi connectivity index (χ1v) is 43.3. The van der Waals surface area contributed by atoms with Crippen molar-refractivity contribution >= 4 is 139 Å². The number of methoxy groups -OCH3 is 1. The van der Waals surface area contributed by atoms with E-state index >= 15 is 0 Å². The summed E-state index contributed by atoms with van der Waals surface area (Å²) in [5.41, 5.74) is 20.9. The predicted molar refractivity (Wildman–Crippen MR) is 519 cm³/mol. The quantitative estimate of drug-likeness (QED) is 0.0439. The molecule has 0 fully saturated rings. The average Bonchev–Trinajstić information content (AvgIpc) is 1.66. The highest BCUT2D eigenvalue weighted by Crippen LogP contribution is 2.33. The topological polar surface area (TPSA) is 151 Å². The summed E-state index contributed by atoms with van der Waals surface area (Å²) in [6.45, 7) is 16.7. The lowest BCUT2D eigenvalue weighted by Crippen LogP contribution is -2.25. The minimum absolute atomic E-state index is 0.905. The smallest absolute Gasteiger partial charge is 0.206 e. The molecule has 0 spiro atoms. The minimum atomic E-state index is 0.905. The number of para-hydroxylation sites is 6. The highest BCUT2D eigenvalue weighted by molar-refractivity contribution is 7.21. The summed E-state index contributed by atoms with van der Waals surface area (Å²) in [5, 5.41) is 12.7. The normalized spacial score (nSPS) is 11.1. The number of rotatable bonds is 22. The zero-order chi connectivity index (χ0) is 84.7. The highest BCUT2D eigenvalue weighted by Gasteiger charge is 2.15. The Balaban J connectivity index is 0.000000144. The first-order valence-electron chi connectivity index (χ1n) is 40.8. The van der Waals surface area contributed by atoms with Crippen molar-refractivity contribution in [1.29, 1.82) is 0 Å². The first kappa shape index (κ1) is 90.2. The number of H-pyrrole nitrogens is 4. The van der Waals surface area contributed by atoms with Crippen LogP contribution in [0.4, 0.5) is 17.3 Å². The summed E-state index contributed by atoms with van der Waals surface area (Å²) in [5.74, 6) is 2.00. The van der Waals surface area contributed by atoms with Gasteiger partial charge >= 0.3 is 0 Å². The van der Waals surface area contributed by atoms with Crippen molar-refractivity contribution in [3.63, 3.8) is 0 Å². The molecule has 17 aromatic rings. The maximum Gasteiger partial charge on any atom is 0.206 e. The van der Waals surface area contributed by atoms with E-state index in [4.69, 9.17) is 14.7 Å². The van der Waals surface area contributed by atoms with Crippen LogP contribution < -0.4 is 24.8 Å². The van der Waals surface area contributed by atoms with Crippen molar-refractivity contribution in [2.75, 3.05) is 140 Å². The molecule has 0 saturated carbocycles. The van der Waals surface area contributed by atoms with Gasteiger partial charge in [-0.2, -0.15) is 0 Å². The number of nitrogens with one attached hydrogen (secondary N) is 5. The van der Waals surface area contributed by atoms with Gasteiger partial charge in [0.05, 0.1) is 38.6 Å². The van der Waals surface area contributed by atoms with Crippen molar-refractivity contribution in [1.82, 2.24) is 64.4 Å². The number of hydrogen-bond donors (Lipinski definition) is 5. The van der Waals surface area contributed by atoms with Gasteiger partial charge in [0.1, 0.15) is 15.8 Å². The fourth-order valence-electron chi connectivity index (χ4n) is 13.5. The van der Waals surface area contributed by atoms with Crippen molar-refractivity contribution < 1.29 is 4.74 Å². The third-order valence-electron chi connectivity index (χ3n) is 19.8. The number of aryl methyl sites for hydroxylation is 2. The van der Waals surface area contributed by atoms with Crippen LogP contribution in [0.2, 0.25) is 0 Å². The Bertz CT molecular complexity index is 5820. The van der Waals surface area contributed by atoms with Crippen LogP contribution in [0.5, 0.6) is 5.75 Å². The zero-order valence-electron chi connectivity index (χ0n) is 72.9. The number of aromatic amines is 4. The summed E-state index contributed by atoms with van der Waals surface area (Å²) < 4.78 is 9.99. The summed E-state index contributed by atoms with van der Waals surface area (Å²) in [4.78, 5) is 43.7. The summed E-state index contributed by atoms with van der Waals surface area (Å²) in [6, 6.07) is 75.6. The van der Waals surface area contributed by atoms with Crippen LogP contribution in [0.15, 0.2) is 249 Å². The molecule has 0 aliphatic heterocycles. The maximum absolute atomic E-state index is 5.22. The number of aromatic nitrogens is 8. The van der Waals surface area contributed by atoms with Gasteiger partial charge in [0.25, 0.3) is 0 Å². The second-order valence-corrected chi connectivity index (χ2v) is 33.7. The molecule has 0 amide bonds. The summed E-state index contributed by atoms with van der Waals surface area (Å²) in [6.07, 6.45) is 14.7. The van der Waals surface area contributed by atoms with Crippen LogP contribution in [0.1, 0.15) is 64.0 Å². The van der Waals surface area contributed by atoms with E-state index in [0.29, 0.717) is 0 Å². The van der Waals surface area contributed by atoms with Crippen molar-refractivity contribution in [3.8, 4) is 16.3 Å². The van der Waals surface area contributed by atoms with Crippen molar-refractivity contribution in [2.45, 2.75) is 66.7 Å². The number of ether oxygens (including phenoxy) is 1. The molecule has 20 heteroatoms. The molecule has 17 rings (SSSR count). The fraction of sp³-hybridized carbons (Fsp3) is 0.283. The lowest BCUT2D eigenvalue weighted by atomic mass is 10.1. The molecular formula is C99H122N16OS3. The number of fused-ring (bicyclic) bond motifs is 7. The molecule has 17 nitrogen and oxygen atoms in total. The van der Waals surface area contributed by atoms with Crippen LogP contribution in [-0.4, -0.2) is 184 Å². The van der Waals surface area contributed by atoms with E-state index in [2.05, 4.69) is 398 Å². The van der Waals surface area contributed by atoms with E-state index < -0.39 is 0 Å². The number of imidazole rings is 1. The van der Waals surface area contributed by atoms with E-state index in [1.165, 1.54) is 108 Å². The Morgan fingerprint density at radius 3 is 1.51 bits per heavy atom. The highest BCUT2D eigenvalue weighted by atomic mass is 32.1. The SMILES string of the molecule is CCN(CC)c1nc2ccccc2n1CC.CN(C)CCc1c[nH]c2ccccc12.CN(C)Cc1c[nH]c2ccccc12.CN(C)Cc1cccs1.CN(C)c1ccc(C=Cc2nc3ccccc3s2)cc1.CNCCc1c[nH]c2ccccc12.COc1ccc2[nH]cc(CN(C)C)c2c1.Cc1ccc2nc(-c3ccc(N(C)C)cc3)sc2c1. The van der Waals surface area contributed by atoms with E-state index in [1.807, 2.05) is 62.8 Å². The van der Waals surface area contributed by atoms with Gasteiger partial charge < -0.3 is 68.9 Å². The minimum Gasteiger partial charge on any atom is -0.497 e. The van der Waals surface area contributed by atoms with Gasteiger partial charge in [-0.25, -0.2) is 15.0 Å². The molecule has 0 atom stereocenters. The third kappa shape index (κ3) is 26.4. The Morgan fingerprint density at radius 1 is 0.454 bits per heavy atom. The van der Waals surface area contributed by atoms with Gasteiger partial charge in [0.2, 0.25) is 5.95 Å². The van der Waals surface area contributed by atoms with E-state index in [-0.39, 0.29) is 0 Å². The van der Waals surface area contributed by atoms with E-state index in [0.717, 1.165) is 109 Å². The van der Waals surface area contributed by atoms with E-state index in [1.54, 1.807) is 29.8 Å². The van der Waals surface area contributed by atoms with Crippen molar-refractivity contribution in [3.05, 3.63) is 292 Å². The Labute approximate surface area is 717 Å². The number of thiazole rings is 2. The molecule has 8 aromatic heterocycles. The Hall–Kier alpha value is -11.2. The molecule has 8 heterocycles. The van der Waals surface area contributed by atoms with Gasteiger partial charge in [-0.3, -0.25) is 0 Å². The number of thiophene rings is 1. The van der Waals surface area contributed by atoms with Gasteiger partial charge in [-0.15, -0.1) is 34.0 Å². The van der Waals surface area contributed by atoms with E-state index in [9.17, 15) is 0 Å².